The van der Waals surface area contributed by atoms with Gasteiger partial charge in [-0.25, -0.2) is 4.90 Å². The first-order chi connectivity index (χ1) is 19.2. The number of hydrogen-bond donors (Lipinski definition) is 1. The molecule has 3 aromatic carbocycles. The van der Waals surface area contributed by atoms with E-state index in [2.05, 4.69) is 20.9 Å². The number of aromatic amines is 1. The Morgan fingerprint density at radius 1 is 1.05 bits per heavy atom. The summed E-state index contributed by atoms with van der Waals surface area (Å²) >= 11 is 5.46. The van der Waals surface area contributed by atoms with Gasteiger partial charge in [-0.15, -0.1) is 0 Å². The van der Waals surface area contributed by atoms with Gasteiger partial charge in [-0.05, 0) is 42.8 Å². The largest absolute Gasteiger partial charge is 0.489 e. The highest BCUT2D eigenvalue weighted by Gasteiger charge is 2.57. The van der Waals surface area contributed by atoms with Gasteiger partial charge in [-0.3, -0.25) is 24.5 Å². The summed E-state index contributed by atoms with van der Waals surface area (Å²) in [6.07, 6.45) is 0. The van der Waals surface area contributed by atoms with Crippen molar-refractivity contribution in [2.45, 2.75) is 29.7 Å². The highest BCUT2D eigenvalue weighted by molar-refractivity contribution is 9.10. The summed E-state index contributed by atoms with van der Waals surface area (Å²) in [6.45, 7) is 2.16. The zero-order valence-corrected chi connectivity index (χ0v) is 24.0. The lowest BCUT2D eigenvalue weighted by Crippen LogP contribution is -2.32. The number of nitro groups is 1. The molecule has 0 aliphatic carbocycles. The number of imide groups is 1. The van der Waals surface area contributed by atoms with E-state index in [1.165, 1.54) is 23.1 Å². The van der Waals surface area contributed by atoms with Crippen LogP contribution in [0, 0.1) is 23.0 Å². The molecule has 6 rings (SSSR count). The van der Waals surface area contributed by atoms with Crippen molar-refractivity contribution in [2.24, 2.45) is 5.92 Å². The number of thiazole rings is 1. The van der Waals surface area contributed by atoms with Crippen LogP contribution in [0.1, 0.15) is 27.5 Å². The van der Waals surface area contributed by atoms with E-state index in [1.54, 1.807) is 24.3 Å². The van der Waals surface area contributed by atoms with Crippen molar-refractivity contribution in [1.29, 1.82) is 0 Å². The standard InChI is InChI=1S/C28H20BrN3O6S2/c1-14-3-2-4-15(11-14)13-38-20-10-9-18(32(36)37)12-19(20)21-22-24(39-25-23(21)40-28(35)30-25)27(34)31(26(22)33)17-7-5-16(29)6-8-17/h2-12,21-22,24H,13H2,1H3,(H,30,35). The van der Waals surface area contributed by atoms with E-state index >= 15 is 0 Å². The summed E-state index contributed by atoms with van der Waals surface area (Å²) < 4.78 is 6.99. The van der Waals surface area contributed by atoms with Gasteiger partial charge >= 0.3 is 4.87 Å². The van der Waals surface area contributed by atoms with Crippen LogP contribution >= 0.6 is 39.0 Å². The molecule has 40 heavy (non-hydrogen) atoms. The van der Waals surface area contributed by atoms with Crippen molar-refractivity contribution in [3.63, 3.8) is 0 Å². The highest BCUT2D eigenvalue weighted by Crippen LogP contribution is 2.55. The van der Waals surface area contributed by atoms with Crippen molar-refractivity contribution in [3.8, 4) is 5.75 Å². The quantitative estimate of drug-likeness (QED) is 0.161. The van der Waals surface area contributed by atoms with Gasteiger partial charge < -0.3 is 9.72 Å². The number of nitrogens with one attached hydrogen (secondary N) is 1. The molecule has 2 aliphatic rings. The summed E-state index contributed by atoms with van der Waals surface area (Å²) in [4.78, 5) is 55.6. The number of amides is 2. The molecule has 0 radical (unpaired) electrons. The van der Waals surface area contributed by atoms with E-state index in [1.807, 2.05) is 31.2 Å². The van der Waals surface area contributed by atoms with Gasteiger partial charge in [0, 0.05) is 33.0 Å². The zero-order chi connectivity index (χ0) is 28.1. The first kappa shape index (κ1) is 26.5. The Morgan fingerprint density at radius 2 is 1.82 bits per heavy atom. The smallest absolute Gasteiger partial charge is 0.305 e. The number of H-pyrrole nitrogens is 1. The summed E-state index contributed by atoms with van der Waals surface area (Å²) in [5, 5.41) is 11.4. The SMILES string of the molecule is Cc1cccc(COc2ccc([N+](=O)[O-])cc2C2c3sc(=O)[nH]c3SC3C(=O)N(c4ccc(Br)cc4)C(=O)C32)c1. The number of carbonyl (C=O) groups excluding carboxylic acids is 2. The van der Waals surface area contributed by atoms with E-state index in [4.69, 9.17) is 4.74 Å². The minimum Gasteiger partial charge on any atom is -0.489 e. The van der Waals surface area contributed by atoms with Crippen molar-refractivity contribution in [3.05, 3.63) is 113 Å². The summed E-state index contributed by atoms with van der Waals surface area (Å²) in [5.74, 6) is -2.20. The predicted molar refractivity (Wildman–Crippen MR) is 155 cm³/mol. The van der Waals surface area contributed by atoms with Crippen LogP contribution < -0.4 is 14.5 Å². The van der Waals surface area contributed by atoms with Gasteiger partial charge in [0.25, 0.3) is 5.69 Å². The fourth-order valence-electron chi connectivity index (χ4n) is 5.18. The number of nitro benzene ring substituents is 1. The Bertz CT molecular complexity index is 1730. The maximum absolute atomic E-state index is 14.0. The molecule has 2 aliphatic heterocycles. The molecule has 1 aromatic heterocycles. The number of aromatic nitrogens is 1. The lowest BCUT2D eigenvalue weighted by molar-refractivity contribution is -0.385. The molecule has 1 saturated heterocycles. The van der Waals surface area contributed by atoms with Crippen LogP contribution in [-0.2, 0) is 16.2 Å². The second kappa shape index (κ2) is 10.3. The van der Waals surface area contributed by atoms with Gasteiger partial charge in [0.1, 0.15) is 17.6 Å². The van der Waals surface area contributed by atoms with Gasteiger partial charge in [0.2, 0.25) is 11.8 Å². The van der Waals surface area contributed by atoms with Crippen LogP contribution in [0.25, 0.3) is 0 Å². The first-order valence-electron chi connectivity index (χ1n) is 12.2. The van der Waals surface area contributed by atoms with Gasteiger partial charge in [-0.1, -0.05) is 68.9 Å². The van der Waals surface area contributed by atoms with Crippen molar-refractivity contribution in [1.82, 2.24) is 4.98 Å². The Hall–Kier alpha value is -3.74. The third-order valence-corrected chi connectivity index (χ3v) is 9.85. The maximum Gasteiger partial charge on any atom is 0.305 e. The molecule has 202 valence electrons. The second-order valence-electron chi connectivity index (χ2n) is 9.50. The first-order valence-corrected chi connectivity index (χ1v) is 14.7. The fraction of sp³-hybridized carbons (Fsp3) is 0.179. The molecule has 9 nitrogen and oxygen atoms in total. The number of aryl methyl sites for hydroxylation is 1. The van der Waals surface area contributed by atoms with Crippen LogP contribution in [0.4, 0.5) is 11.4 Å². The molecule has 3 unspecified atom stereocenters. The number of hydrogen-bond acceptors (Lipinski definition) is 8. The molecule has 12 heteroatoms. The molecule has 0 saturated carbocycles. The Morgan fingerprint density at radius 3 is 2.55 bits per heavy atom. The summed E-state index contributed by atoms with van der Waals surface area (Å²) in [7, 11) is 0. The van der Waals surface area contributed by atoms with Crippen LogP contribution in [0.2, 0.25) is 0 Å². The predicted octanol–water partition coefficient (Wildman–Crippen LogP) is 5.79. The number of anilines is 1. The van der Waals surface area contributed by atoms with Gasteiger partial charge in [0.15, 0.2) is 0 Å². The molecule has 2 amide bonds. The monoisotopic (exact) mass is 637 g/mol. The number of halogens is 1. The number of ether oxygens (including phenoxy) is 1. The number of fused-ring (bicyclic) bond motifs is 2. The third-order valence-electron chi connectivity index (χ3n) is 6.92. The zero-order valence-electron chi connectivity index (χ0n) is 20.8. The maximum atomic E-state index is 14.0. The van der Waals surface area contributed by atoms with Crippen molar-refractivity contribution < 1.29 is 19.2 Å². The molecule has 3 heterocycles. The molecule has 0 bridgehead atoms. The average molecular weight is 639 g/mol. The number of nitrogens with zero attached hydrogens (tertiary/aromatic N) is 2. The molecule has 3 atom stereocenters. The molecule has 4 aromatic rings. The number of carbonyl (C=O) groups is 2. The third kappa shape index (κ3) is 4.65. The lowest BCUT2D eigenvalue weighted by atomic mass is 9.82. The topological polar surface area (TPSA) is 123 Å². The molecule has 1 N–H and O–H groups in total. The Labute approximate surface area is 244 Å². The van der Waals surface area contributed by atoms with E-state index in [0.29, 0.717) is 26.9 Å². The number of benzene rings is 3. The highest BCUT2D eigenvalue weighted by atomic mass is 79.9. The minimum atomic E-state index is -0.900. The van der Waals surface area contributed by atoms with E-state index in [9.17, 15) is 24.5 Å². The number of thioether (sulfide) groups is 1. The van der Waals surface area contributed by atoms with Crippen molar-refractivity contribution >= 4 is 62.2 Å². The van der Waals surface area contributed by atoms with Crippen LogP contribution in [0.3, 0.4) is 0 Å². The normalized spacial score (nSPS) is 19.9. The molecule has 1 fully saturated rings. The lowest BCUT2D eigenvalue weighted by Gasteiger charge is -2.30. The van der Waals surface area contributed by atoms with Crippen LogP contribution in [-0.4, -0.2) is 27.0 Å². The van der Waals surface area contributed by atoms with E-state index in [-0.39, 0.29) is 17.2 Å². The summed E-state index contributed by atoms with van der Waals surface area (Å²) in [6, 6.07) is 18.9. The van der Waals surface area contributed by atoms with E-state index in [0.717, 1.165) is 38.7 Å². The molecular formula is C28H20BrN3O6S2. The molecule has 0 spiro atoms. The Kier molecular flexibility index (Phi) is 6.85. The van der Waals surface area contributed by atoms with Crippen LogP contribution in [0.5, 0.6) is 5.75 Å². The van der Waals surface area contributed by atoms with Crippen LogP contribution in [0.15, 0.2) is 81.0 Å². The average Bonchev–Trinajstić information content (AvgIpc) is 3.42. The Balaban J connectivity index is 1.48. The summed E-state index contributed by atoms with van der Waals surface area (Å²) in [5.41, 5.74) is 2.59. The van der Waals surface area contributed by atoms with Gasteiger partial charge in [-0.2, -0.15) is 0 Å². The second-order valence-corrected chi connectivity index (χ2v) is 12.6. The van der Waals surface area contributed by atoms with Crippen molar-refractivity contribution in [2.75, 3.05) is 4.90 Å². The fourth-order valence-corrected chi connectivity index (χ4v) is 7.95. The minimum absolute atomic E-state index is 0.182. The van der Waals surface area contributed by atoms with Gasteiger partial charge in [0.05, 0.1) is 21.6 Å². The van der Waals surface area contributed by atoms with E-state index < -0.39 is 33.8 Å². The molecular weight excluding hydrogens is 618 g/mol. The number of non-ortho nitro benzene ring substituents is 1. The number of rotatable bonds is 6.